The molecule has 1 atom stereocenters. The molecular weight excluding hydrogens is 318 g/mol. The second kappa shape index (κ2) is 11.5. The van der Waals surface area contributed by atoms with Gasteiger partial charge in [-0.15, -0.1) is 0 Å². The first-order valence-corrected chi connectivity index (χ1v) is 9.23. The number of amides is 1. The predicted octanol–water partition coefficient (Wildman–Crippen LogP) is 4.44. The maximum atomic E-state index is 12.2. The first-order valence-electron chi connectivity index (χ1n) is 9.23. The fraction of sp³-hybridized carbons (Fsp3) is 0.600. The molecule has 0 heterocycles. The molecule has 1 amide bonds. The van der Waals surface area contributed by atoms with Crippen LogP contribution < -0.4 is 0 Å². The number of carbonyl (C=O) groups excluding carboxylic acids is 2. The molecule has 1 rings (SSSR count). The Morgan fingerprint density at radius 1 is 1.12 bits per heavy atom. The molecule has 140 valence electrons. The Balaban J connectivity index is 2.38. The average molecular weight is 349 g/mol. The Hall–Kier alpha value is -2.04. The standard InChI is InChI=1S/C20H31NO4/c1-5-9-17-11-13-18(14-12-17)19(22)25-16(4)10-8-15-21(6-2)20(23)24-7-3/h11-14,16H,5-10,15H2,1-4H3. The van der Waals surface area contributed by atoms with E-state index in [0.29, 0.717) is 31.7 Å². The highest BCUT2D eigenvalue weighted by Crippen LogP contribution is 2.11. The number of esters is 1. The van der Waals surface area contributed by atoms with Crippen molar-refractivity contribution in [3.05, 3.63) is 35.4 Å². The van der Waals surface area contributed by atoms with Gasteiger partial charge in [-0.25, -0.2) is 9.59 Å². The van der Waals surface area contributed by atoms with Crippen LogP contribution in [-0.4, -0.2) is 42.8 Å². The third-order valence-corrected chi connectivity index (χ3v) is 3.98. The fourth-order valence-electron chi connectivity index (χ4n) is 2.57. The van der Waals surface area contributed by atoms with Crippen molar-refractivity contribution in [2.45, 2.75) is 59.5 Å². The van der Waals surface area contributed by atoms with Crippen LogP contribution in [0.15, 0.2) is 24.3 Å². The maximum absolute atomic E-state index is 12.2. The Kier molecular flexibility index (Phi) is 9.66. The molecule has 5 nitrogen and oxygen atoms in total. The molecule has 1 aromatic rings. The zero-order valence-electron chi connectivity index (χ0n) is 15.9. The smallest absolute Gasteiger partial charge is 0.409 e. The van der Waals surface area contributed by atoms with Crippen LogP contribution in [0.1, 0.15) is 62.9 Å². The van der Waals surface area contributed by atoms with Crippen LogP contribution in [0, 0.1) is 0 Å². The zero-order valence-corrected chi connectivity index (χ0v) is 15.9. The maximum Gasteiger partial charge on any atom is 0.409 e. The minimum absolute atomic E-state index is 0.191. The average Bonchev–Trinajstić information content (AvgIpc) is 2.59. The second-order valence-electron chi connectivity index (χ2n) is 6.08. The summed E-state index contributed by atoms with van der Waals surface area (Å²) in [6.45, 7) is 9.31. The molecule has 5 heteroatoms. The van der Waals surface area contributed by atoms with E-state index >= 15 is 0 Å². The minimum atomic E-state index is -0.298. The first kappa shape index (κ1) is 21.0. The van der Waals surface area contributed by atoms with E-state index in [-0.39, 0.29) is 18.2 Å². The number of carbonyl (C=O) groups is 2. The van der Waals surface area contributed by atoms with Crippen molar-refractivity contribution in [1.82, 2.24) is 4.90 Å². The van der Waals surface area contributed by atoms with Gasteiger partial charge in [0.2, 0.25) is 0 Å². The second-order valence-corrected chi connectivity index (χ2v) is 6.08. The van der Waals surface area contributed by atoms with Gasteiger partial charge in [0.15, 0.2) is 0 Å². The molecule has 0 fully saturated rings. The molecule has 25 heavy (non-hydrogen) atoms. The van der Waals surface area contributed by atoms with Gasteiger partial charge in [0, 0.05) is 13.1 Å². The van der Waals surface area contributed by atoms with Gasteiger partial charge in [0.25, 0.3) is 0 Å². The van der Waals surface area contributed by atoms with E-state index < -0.39 is 0 Å². The number of hydrogen-bond donors (Lipinski definition) is 0. The summed E-state index contributed by atoms with van der Waals surface area (Å²) in [5.74, 6) is -0.298. The van der Waals surface area contributed by atoms with E-state index in [1.54, 1.807) is 11.8 Å². The van der Waals surface area contributed by atoms with Crippen LogP contribution in [0.4, 0.5) is 4.79 Å². The summed E-state index contributed by atoms with van der Waals surface area (Å²) in [5.41, 5.74) is 1.80. The fourth-order valence-corrected chi connectivity index (χ4v) is 2.57. The molecule has 0 N–H and O–H groups in total. The highest BCUT2D eigenvalue weighted by Gasteiger charge is 2.15. The van der Waals surface area contributed by atoms with Crippen LogP contribution in [0.25, 0.3) is 0 Å². The number of benzene rings is 1. The monoisotopic (exact) mass is 349 g/mol. The first-order chi connectivity index (χ1) is 12.0. The van der Waals surface area contributed by atoms with E-state index in [0.717, 1.165) is 19.3 Å². The number of rotatable bonds is 10. The van der Waals surface area contributed by atoms with Crippen molar-refractivity contribution in [2.24, 2.45) is 0 Å². The normalized spacial score (nSPS) is 11.7. The lowest BCUT2D eigenvalue weighted by Gasteiger charge is -2.21. The molecule has 0 aliphatic carbocycles. The van der Waals surface area contributed by atoms with Gasteiger partial charge in [-0.3, -0.25) is 0 Å². The summed E-state index contributed by atoms with van der Waals surface area (Å²) in [5, 5.41) is 0. The number of aryl methyl sites for hydroxylation is 1. The molecule has 0 aromatic heterocycles. The summed E-state index contributed by atoms with van der Waals surface area (Å²) in [6.07, 6.45) is 3.08. The minimum Gasteiger partial charge on any atom is -0.459 e. The van der Waals surface area contributed by atoms with E-state index in [9.17, 15) is 9.59 Å². The van der Waals surface area contributed by atoms with Gasteiger partial charge in [-0.2, -0.15) is 0 Å². The summed E-state index contributed by atoms with van der Waals surface area (Å²) in [4.78, 5) is 25.5. The Morgan fingerprint density at radius 3 is 2.36 bits per heavy atom. The molecule has 0 saturated carbocycles. The van der Waals surface area contributed by atoms with Crippen LogP contribution in [-0.2, 0) is 15.9 Å². The Bertz CT molecular complexity index is 527. The Labute approximate surface area is 151 Å². The van der Waals surface area contributed by atoms with Crippen molar-refractivity contribution in [3.63, 3.8) is 0 Å². The highest BCUT2D eigenvalue weighted by atomic mass is 16.6. The molecule has 0 saturated heterocycles. The van der Waals surface area contributed by atoms with Crippen molar-refractivity contribution < 1.29 is 19.1 Å². The van der Waals surface area contributed by atoms with Crippen LogP contribution >= 0.6 is 0 Å². The van der Waals surface area contributed by atoms with Crippen molar-refractivity contribution in [3.8, 4) is 0 Å². The SMILES string of the molecule is CCCc1ccc(C(=O)OC(C)CCCN(CC)C(=O)OCC)cc1. The van der Waals surface area contributed by atoms with Crippen molar-refractivity contribution in [2.75, 3.05) is 19.7 Å². The van der Waals surface area contributed by atoms with Crippen LogP contribution in [0.5, 0.6) is 0 Å². The topological polar surface area (TPSA) is 55.8 Å². The molecular formula is C20H31NO4. The van der Waals surface area contributed by atoms with E-state index in [4.69, 9.17) is 9.47 Å². The van der Waals surface area contributed by atoms with Gasteiger partial charge in [-0.05, 0) is 57.7 Å². The predicted molar refractivity (Wildman–Crippen MR) is 98.8 cm³/mol. The molecule has 0 bridgehead atoms. The molecule has 0 aliphatic rings. The largest absolute Gasteiger partial charge is 0.459 e. The molecule has 0 aliphatic heterocycles. The molecule has 0 radical (unpaired) electrons. The van der Waals surface area contributed by atoms with Gasteiger partial charge < -0.3 is 14.4 Å². The molecule has 1 aromatic carbocycles. The lowest BCUT2D eigenvalue weighted by Crippen LogP contribution is -2.32. The summed E-state index contributed by atoms with van der Waals surface area (Å²) < 4.78 is 10.5. The highest BCUT2D eigenvalue weighted by molar-refractivity contribution is 5.89. The van der Waals surface area contributed by atoms with Crippen LogP contribution in [0.3, 0.4) is 0 Å². The lowest BCUT2D eigenvalue weighted by atomic mass is 10.1. The number of hydrogen-bond acceptors (Lipinski definition) is 4. The quantitative estimate of drug-likeness (QED) is 0.586. The summed E-state index contributed by atoms with van der Waals surface area (Å²) in [7, 11) is 0. The van der Waals surface area contributed by atoms with E-state index in [1.165, 1.54) is 5.56 Å². The third kappa shape index (κ3) is 7.59. The number of nitrogens with zero attached hydrogens (tertiary/aromatic N) is 1. The van der Waals surface area contributed by atoms with Gasteiger partial charge in [-0.1, -0.05) is 25.5 Å². The zero-order chi connectivity index (χ0) is 18.7. The van der Waals surface area contributed by atoms with Gasteiger partial charge in [0.05, 0.1) is 18.3 Å². The Morgan fingerprint density at radius 2 is 1.80 bits per heavy atom. The summed E-state index contributed by atoms with van der Waals surface area (Å²) in [6, 6.07) is 7.59. The van der Waals surface area contributed by atoms with Gasteiger partial charge in [0.1, 0.15) is 0 Å². The van der Waals surface area contributed by atoms with Crippen molar-refractivity contribution in [1.29, 1.82) is 0 Å². The third-order valence-electron chi connectivity index (χ3n) is 3.98. The van der Waals surface area contributed by atoms with Gasteiger partial charge >= 0.3 is 12.1 Å². The summed E-state index contributed by atoms with van der Waals surface area (Å²) >= 11 is 0. The van der Waals surface area contributed by atoms with E-state index in [1.807, 2.05) is 38.1 Å². The molecule has 1 unspecified atom stereocenters. The van der Waals surface area contributed by atoms with Crippen LogP contribution in [0.2, 0.25) is 0 Å². The molecule has 0 spiro atoms. The van der Waals surface area contributed by atoms with Crippen molar-refractivity contribution >= 4 is 12.1 Å². The van der Waals surface area contributed by atoms with E-state index in [2.05, 4.69) is 6.92 Å². The number of ether oxygens (including phenoxy) is 2. The lowest BCUT2D eigenvalue weighted by molar-refractivity contribution is 0.0312.